The van der Waals surface area contributed by atoms with Gasteiger partial charge >= 0.3 is 0 Å². The molecule has 0 unspecified atom stereocenters. The van der Waals surface area contributed by atoms with Crippen LogP contribution >= 0.6 is 47.8 Å². The Morgan fingerprint density at radius 2 is 1.60 bits per heavy atom. The van der Waals surface area contributed by atoms with Gasteiger partial charge in [0, 0.05) is 27.0 Å². The number of amides is 1. The van der Waals surface area contributed by atoms with E-state index in [1.54, 1.807) is 11.9 Å². The molecule has 0 saturated heterocycles. The van der Waals surface area contributed by atoms with Crippen LogP contribution in [0, 0.1) is 0 Å². The van der Waals surface area contributed by atoms with E-state index in [0.717, 1.165) is 19.0 Å². The van der Waals surface area contributed by atoms with Gasteiger partial charge in [-0.2, -0.15) is 0 Å². The zero-order chi connectivity index (χ0) is 14.7. The normalized spacial score (nSPS) is 10.4. The maximum absolute atomic E-state index is 12.4. The first-order chi connectivity index (χ1) is 9.47. The highest BCUT2D eigenvalue weighted by Gasteiger charge is 2.15. The summed E-state index contributed by atoms with van der Waals surface area (Å²) in [6.07, 6.45) is 0. The second-order valence-electron chi connectivity index (χ2n) is 4.41. The number of hydrogen-bond acceptors (Lipinski definition) is 1. The molecule has 0 N–H and O–H groups in total. The van der Waals surface area contributed by atoms with E-state index in [1.165, 1.54) is 0 Å². The maximum Gasteiger partial charge on any atom is 0.255 e. The van der Waals surface area contributed by atoms with Crippen LogP contribution in [-0.2, 0) is 6.54 Å². The highest BCUT2D eigenvalue weighted by atomic mass is 79.9. The minimum Gasteiger partial charge on any atom is -0.337 e. The molecule has 0 aromatic heterocycles. The summed E-state index contributed by atoms with van der Waals surface area (Å²) < 4.78 is 2.77. The molecule has 5 heteroatoms. The van der Waals surface area contributed by atoms with Crippen LogP contribution < -0.4 is 0 Å². The third-order valence-corrected chi connectivity index (χ3v) is 4.52. The fraction of sp³-hybridized carbons (Fsp3) is 0.133. The number of carbonyl (C=O) groups excluding carboxylic acids is 1. The van der Waals surface area contributed by atoms with E-state index in [2.05, 4.69) is 47.8 Å². The van der Waals surface area contributed by atoms with Gasteiger partial charge in [0.2, 0.25) is 0 Å². The average Bonchev–Trinajstić information content (AvgIpc) is 2.40. The van der Waals surface area contributed by atoms with Crippen LogP contribution in [0.5, 0.6) is 0 Å². The Kier molecular flexibility index (Phi) is 5.41. The quantitative estimate of drug-likeness (QED) is 0.611. The molecule has 0 radical (unpaired) electrons. The Bertz CT molecular complexity index is 626. The first-order valence-corrected chi connectivity index (χ1v) is 8.30. The number of hydrogen-bond donors (Lipinski definition) is 0. The van der Waals surface area contributed by atoms with Gasteiger partial charge in [0.15, 0.2) is 0 Å². The second-order valence-corrected chi connectivity index (χ2v) is 7.10. The summed E-state index contributed by atoms with van der Waals surface area (Å²) in [5.74, 6) is -0.00714. The van der Waals surface area contributed by atoms with E-state index < -0.39 is 0 Å². The first-order valence-electron chi connectivity index (χ1n) is 5.92. The molecular weight excluding hydrogens is 450 g/mol. The summed E-state index contributed by atoms with van der Waals surface area (Å²) in [6.45, 7) is 0.578. The molecule has 104 valence electrons. The number of rotatable bonds is 3. The molecule has 0 atom stereocenters. The molecule has 2 aromatic carbocycles. The molecular formula is C15H12Br3NO. The lowest BCUT2D eigenvalue weighted by molar-refractivity contribution is 0.0784. The van der Waals surface area contributed by atoms with Crippen LogP contribution in [-0.4, -0.2) is 17.9 Å². The van der Waals surface area contributed by atoms with Crippen molar-refractivity contribution in [3.63, 3.8) is 0 Å². The van der Waals surface area contributed by atoms with Crippen molar-refractivity contribution in [3.8, 4) is 0 Å². The van der Waals surface area contributed by atoms with Crippen molar-refractivity contribution in [2.45, 2.75) is 6.54 Å². The van der Waals surface area contributed by atoms with Gasteiger partial charge in [-0.15, -0.1) is 0 Å². The van der Waals surface area contributed by atoms with Gasteiger partial charge in [-0.1, -0.05) is 44.0 Å². The second kappa shape index (κ2) is 6.87. The standard InChI is InChI=1S/C15H12Br3NO/c1-19(9-10-2-4-11(16)5-3-10)15(20)13-7-6-12(17)8-14(13)18/h2-8H,9H2,1H3. The Morgan fingerprint density at radius 3 is 2.20 bits per heavy atom. The molecule has 0 aliphatic rings. The van der Waals surface area contributed by atoms with Crippen molar-refractivity contribution >= 4 is 53.7 Å². The van der Waals surface area contributed by atoms with Crippen LogP contribution in [0.15, 0.2) is 55.9 Å². The number of halogens is 3. The van der Waals surface area contributed by atoms with Gasteiger partial charge in [0.05, 0.1) is 5.56 Å². The molecule has 0 saturated carbocycles. The van der Waals surface area contributed by atoms with Gasteiger partial charge in [0.25, 0.3) is 5.91 Å². The van der Waals surface area contributed by atoms with Crippen molar-refractivity contribution in [3.05, 3.63) is 67.0 Å². The maximum atomic E-state index is 12.4. The van der Waals surface area contributed by atoms with Crippen LogP contribution in [0.2, 0.25) is 0 Å². The molecule has 0 heterocycles. The van der Waals surface area contributed by atoms with E-state index in [4.69, 9.17) is 0 Å². The van der Waals surface area contributed by atoms with Crippen molar-refractivity contribution in [2.75, 3.05) is 7.05 Å². The molecule has 0 spiro atoms. The predicted octanol–water partition coefficient (Wildman–Crippen LogP) is 5.25. The summed E-state index contributed by atoms with van der Waals surface area (Å²) in [7, 11) is 1.80. The smallest absolute Gasteiger partial charge is 0.255 e. The number of carbonyl (C=O) groups is 1. The van der Waals surface area contributed by atoms with Crippen molar-refractivity contribution in [2.24, 2.45) is 0 Å². The molecule has 20 heavy (non-hydrogen) atoms. The summed E-state index contributed by atoms with van der Waals surface area (Å²) in [6, 6.07) is 13.5. The van der Waals surface area contributed by atoms with Crippen LogP contribution in [0.3, 0.4) is 0 Å². The van der Waals surface area contributed by atoms with Crippen molar-refractivity contribution in [1.82, 2.24) is 4.90 Å². The minimum atomic E-state index is -0.00714. The zero-order valence-corrected chi connectivity index (χ0v) is 15.5. The molecule has 1 amide bonds. The molecule has 0 fully saturated rings. The fourth-order valence-electron chi connectivity index (χ4n) is 1.80. The molecule has 2 aromatic rings. The predicted molar refractivity (Wildman–Crippen MR) is 91.8 cm³/mol. The van der Waals surface area contributed by atoms with Gasteiger partial charge < -0.3 is 4.90 Å². The highest BCUT2D eigenvalue weighted by Crippen LogP contribution is 2.23. The van der Waals surface area contributed by atoms with E-state index in [9.17, 15) is 4.79 Å². The van der Waals surface area contributed by atoms with E-state index in [1.807, 2.05) is 42.5 Å². The fourth-order valence-corrected chi connectivity index (χ4v) is 3.29. The third-order valence-electron chi connectivity index (χ3n) is 2.84. The Hall–Kier alpha value is -0.650. The lowest BCUT2D eigenvalue weighted by atomic mass is 10.1. The lowest BCUT2D eigenvalue weighted by Crippen LogP contribution is -2.26. The number of benzene rings is 2. The average molecular weight is 462 g/mol. The first kappa shape index (κ1) is 15.7. The molecule has 2 nitrogen and oxygen atoms in total. The van der Waals surface area contributed by atoms with Crippen LogP contribution in [0.1, 0.15) is 15.9 Å². The van der Waals surface area contributed by atoms with Gasteiger partial charge in [-0.05, 0) is 51.8 Å². The summed E-state index contributed by atoms with van der Waals surface area (Å²) in [5, 5.41) is 0. The Labute approximate surface area is 143 Å². The van der Waals surface area contributed by atoms with Gasteiger partial charge in [-0.25, -0.2) is 0 Å². The van der Waals surface area contributed by atoms with Crippen molar-refractivity contribution < 1.29 is 4.79 Å². The number of nitrogens with zero attached hydrogens (tertiary/aromatic N) is 1. The Balaban J connectivity index is 2.14. The van der Waals surface area contributed by atoms with Gasteiger partial charge in [0.1, 0.15) is 0 Å². The zero-order valence-electron chi connectivity index (χ0n) is 10.7. The Morgan fingerprint density at radius 1 is 1.00 bits per heavy atom. The topological polar surface area (TPSA) is 20.3 Å². The summed E-state index contributed by atoms with van der Waals surface area (Å²) in [4.78, 5) is 14.1. The van der Waals surface area contributed by atoms with Crippen LogP contribution in [0.25, 0.3) is 0 Å². The van der Waals surface area contributed by atoms with E-state index >= 15 is 0 Å². The molecule has 0 bridgehead atoms. The van der Waals surface area contributed by atoms with Gasteiger partial charge in [-0.3, -0.25) is 4.79 Å². The lowest BCUT2D eigenvalue weighted by Gasteiger charge is -2.18. The highest BCUT2D eigenvalue weighted by molar-refractivity contribution is 9.11. The molecule has 0 aliphatic carbocycles. The monoisotopic (exact) mass is 459 g/mol. The summed E-state index contributed by atoms with van der Waals surface area (Å²) in [5.41, 5.74) is 1.75. The minimum absolute atomic E-state index is 0.00714. The summed E-state index contributed by atoms with van der Waals surface area (Å²) >= 11 is 10.2. The largest absolute Gasteiger partial charge is 0.337 e. The van der Waals surface area contributed by atoms with E-state index in [-0.39, 0.29) is 5.91 Å². The van der Waals surface area contributed by atoms with Crippen molar-refractivity contribution in [1.29, 1.82) is 0 Å². The molecule has 2 rings (SSSR count). The third kappa shape index (κ3) is 3.93. The van der Waals surface area contributed by atoms with Crippen LogP contribution in [0.4, 0.5) is 0 Å². The SMILES string of the molecule is CN(Cc1ccc(Br)cc1)C(=O)c1ccc(Br)cc1Br. The molecule has 0 aliphatic heterocycles. The van der Waals surface area contributed by atoms with E-state index in [0.29, 0.717) is 12.1 Å².